The SMILES string of the molecule is CC(C)NS(=O)(=O)c1cccc(C(=O)Nc2ccccc2OCC2CCCCO2)c1. The van der Waals surface area contributed by atoms with Crippen molar-refractivity contribution in [2.24, 2.45) is 0 Å². The average Bonchev–Trinajstić information content (AvgIpc) is 2.73. The largest absolute Gasteiger partial charge is 0.489 e. The molecule has 0 aliphatic carbocycles. The van der Waals surface area contributed by atoms with Crippen molar-refractivity contribution in [1.29, 1.82) is 0 Å². The van der Waals surface area contributed by atoms with Crippen LogP contribution < -0.4 is 14.8 Å². The van der Waals surface area contributed by atoms with Crippen molar-refractivity contribution in [3.05, 3.63) is 54.1 Å². The number of sulfonamides is 1. The van der Waals surface area contributed by atoms with E-state index in [1.807, 2.05) is 6.07 Å². The molecule has 1 atom stereocenters. The first-order chi connectivity index (χ1) is 14.3. The second-order valence-corrected chi connectivity index (χ2v) is 9.27. The summed E-state index contributed by atoms with van der Waals surface area (Å²) < 4.78 is 38.9. The summed E-state index contributed by atoms with van der Waals surface area (Å²) in [4.78, 5) is 12.8. The highest BCUT2D eigenvalue weighted by atomic mass is 32.2. The van der Waals surface area contributed by atoms with Crippen LogP contribution in [0.15, 0.2) is 53.4 Å². The zero-order valence-corrected chi connectivity index (χ0v) is 18.1. The Morgan fingerprint density at radius 3 is 2.70 bits per heavy atom. The third-order valence-corrected chi connectivity index (χ3v) is 6.29. The van der Waals surface area contributed by atoms with Gasteiger partial charge in [-0.1, -0.05) is 18.2 Å². The van der Waals surface area contributed by atoms with E-state index < -0.39 is 15.9 Å². The lowest BCUT2D eigenvalue weighted by Crippen LogP contribution is -2.30. The molecular formula is C22H28N2O5S. The average molecular weight is 433 g/mol. The minimum atomic E-state index is -3.69. The fourth-order valence-electron chi connectivity index (χ4n) is 3.19. The fourth-order valence-corrected chi connectivity index (χ4v) is 4.49. The smallest absolute Gasteiger partial charge is 0.255 e. The Kier molecular flexibility index (Phi) is 7.47. The number of amides is 1. The van der Waals surface area contributed by atoms with Gasteiger partial charge in [0, 0.05) is 18.2 Å². The Hall–Kier alpha value is -2.42. The Bertz CT molecular complexity index is 969. The topological polar surface area (TPSA) is 93.7 Å². The number of carbonyl (C=O) groups is 1. The highest BCUT2D eigenvalue weighted by molar-refractivity contribution is 7.89. The molecule has 2 N–H and O–H groups in total. The number of rotatable bonds is 8. The van der Waals surface area contributed by atoms with Crippen LogP contribution in [0.1, 0.15) is 43.5 Å². The van der Waals surface area contributed by atoms with E-state index in [2.05, 4.69) is 10.0 Å². The molecule has 1 amide bonds. The normalized spacial score (nSPS) is 17.0. The Balaban J connectivity index is 1.71. The quantitative estimate of drug-likeness (QED) is 0.665. The molecule has 0 aromatic heterocycles. The van der Waals surface area contributed by atoms with Crippen LogP contribution in [0, 0.1) is 0 Å². The Morgan fingerprint density at radius 2 is 1.97 bits per heavy atom. The van der Waals surface area contributed by atoms with Crippen molar-refractivity contribution < 1.29 is 22.7 Å². The molecule has 1 aliphatic rings. The minimum absolute atomic E-state index is 0.0443. The first kappa shape index (κ1) is 22.3. The number of carbonyl (C=O) groups excluding carboxylic acids is 1. The molecule has 30 heavy (non-hydrogen) atoms. The molecule has 2 aromatic carbocycles. The molecular weight excluding hydrogens is 404 g/mol. The number of hydrogen-bond acceptors (Lipinski definition) is 5. The zero-order valence-electron chi connectivity index (χ0n) is 17.3. The van der Waals surface area contributed by atoms with Gasteiger partial charge >= 0.3 is 0 Å². The van der Waals surface area contributed by atoms with Crippen LogP contribution in [0.25, 0.3) is 0 Å². The van der Waals surface area contributed by atoms with Gasteiger partial charge in [0.15, 0.2) is 0 Å². The molecule has 1 fully saturated rings. The van der Waals surface area contributed by atoms with Crippen molar-refractivity contribution in [2.75, 3.05) is 18.5 Å². The van der Waals surface area contributed by atoms with E-state index in [0.717, 1.165) is 25.9 Å². The Morgan fingerprint density at radius 1 is 1.17 bits per heavy atom. The predicted octanol–water partition coefficient (Wildman–Crippen LogP) is 3.57. The van der Waals surface area contributed by atoms with Crippen LogP contribution in [0.5, 0.6) is 5.75 Å². The van der Waals surface area contributed by atoms with Gasteiger partial charge in [0.05, 0.1) is 16.7 Å². The second-order valence-electron chi connectivity index (χ2n) is 7.55. The molecule has 0 radical (unpaired) electrons. The van der Waals surface area contributed by atoms with Gasteiger partial charge in [-0.2, -0.15) is 0 Å². The van der Waals surface area contributed by atoms with Gasteiger partial charge in [-0.05, 0) is 63.4 Å². The third kappa shape index (κ3) is 6.04. The first-order valence-electron chi connectivity index (χ1n) is 10.1. The summed E-state index contributed by atoms with van der Waals surface area (Å²) >= 11 is 0. The van der Waals surface area contributed by atoms with E-state index in [0.29, 0.717) is 18.0 Å². The summed E-state index contributed by atoms with van der Waals surface area (Å²) in [5.74, 6) is 0.131. The van der Waals surface area contributed by atoms with Crippen molar-refractivity contribution >= 4 is 21.6 Å². The van der Waals surface area contributed by atoms with Crippen molar-refractivity contribution in [2.45, 2.75) is 50.2 Å². The van der Waals surface area contributed by atoms with E-state index in [4.69, 9.17) is 9.47 Å². The molecule has 1 saturated heterocycles. The highest BCUT2D eigenvalue weighted by Gasteiger charge is 2.19. The van der Waals surface area contributed by atoms with Gasteiger partial charge in [-0.25, -0.2) is 13.1 Å². The predicted molar refractivity (Wildman–Crippen MR) is 115 cm³/mol. The van der Waals surface area contributed by atoms with Gasteiger partial charge in [-0.15, -0.1) is 0 Å². The standard InChI is InChI=1S/C22H28N2O5S/c1-16(2)24-30(26,27)19-10-7-8-17(14-19)22(25)23-20-11-3-4-12-21(20)29-15-18-9-5-6-13-28-18/h3-4,7-8,10-12,14,16,18,24H,5-6,9,13,15H2,1-2H3,(H,23,25). The number of hydrogen-bond donors (Lipinski definition) is 2. The van der Waals surface area contributed by atoms with E-state index in [1.54, 1.807) is 44.2 Å². The number of anilines is 1. The molecule has 7 nitrogen and oxygen atoms in total. The van der Waals surface area contributed by atoms with Crippen LogP contribution in [-0.4, -0.2) is 39.7 Å². The number of nitrogens with one attached hydrogen (secondary N) is 2. The molecule has 0 spiro atoms. The molecule has 1 aliphatic heterocycles. The summed E-state index contributed by atoms with van der Waals surface area (Å²) in [5.41, 5.74) is 0.763. The van der Waals surface area contributed by atoms with Crippen molar-refractivity contribution in [3.63, 3.8) is 0 Å². The number of para-hydroxylation sites is 2. The van der Waals surface area contributed by atoms with Gasteiger partial charge < -0.3 is 14.8 Å². The molecule has 0 bridgehead atoms. The molecule has 3 rings (SSSR count). The molecule has 162 valence electrons. The van der Waals surface area contributed by atoms with Gasteiger partial charge in [0.2, 0.25) is 10.0 Å². The monoisotopic (exact) mass is 432 g/mol. The van der Waals surface area contributed by atoms with Crippen LogP contribution in [-0.2, 0) is 14.8 Å². The second kappa shape index (κ2) is 10.1. The minimum Gasteiger partial charge on any atom is -0.489 e. The summed E-state index contributed by atoms with van der Waals surface area (Å²) in [6.45, 7) is 4.64. The van der Waals surface area contributed by atoms with Crippen LogP contribution in [0.3, 0.4) is 0 Å². The number of benzene rings is 2. The Labute approximate surface area is 177 Å². The van der Waals surface area contributed by atoms with E-state index in [1.165, 1.54) is 12.1 Å². The fraction of sp³-hybridized carbons (Fsp3) is 0.409. The lowest BCUT2D eigenvalue weighted by atomic mass is 10.1. The molecule has 2 aromatic rings. The number of ether oxygens (including phenoxy) is 2. The summed E-state index contributed by atoms with van der Waals surface area (Å²) in [6.07, 6.45) is 3.21. The molecule has 1 unspecified atom stereocenters. The maximum absolute atomic E-state index is 12.8. The van der Waals surface area contributed by atoms with Gasteiger partial charge in [0.1, 0.15) is 12.4 Å². The van der Waals surface area contributed by atoms with E-state index in [-0.39, 0.29) is 22.6 Å². The van der Waals surface area contributed by atoms with Crippen LogP contribution in [0.4, 0.5) is 5.69 Å². The lowest BCUT2D eigenvalue weighted by Gasteiger charge is -2.23. The summed E-state index contributed by atoms with van der Waals surface area (Å²) in [5, 5.41) is 2.81. The summed E-state index contributed by atoms with van der Waals surface area (Å²) in [6, 6.07) is 12.9. The van der Waals surface area contributed by atoms with Gasteiger partial charge in [-0.3, -0.25) is 4.79 Å². The van der Waals surface area contributed by atoms with Crippen molar-refractivity contribution in [3.8, 4) is 5.75 Å². The maximum atomic E-state index is 12.8. The lowest BCUT2D eigenvalue weighted by molar-refractivity contribution is -0.0109. The van der Waals surface area contributed by atoms with Crippen molar-refractivity contribution in [1.82, 2.24) is 4.72 Å². The molecule has 8 heteroatoms. The third-order valence-electron chi connectivity index (χ3n) is 4.63. The van der Waals surface area contributed by atoms with E-state index >= 15 is 0 Å². The van der Waals surface area contributed by atoms with Gasteiger partial charge in [0.25, 0.3) is 5.91 Å². The molecule has 0 saturated carbocycles. The first-order valence-corrected chi connectivity index (χ1v) is 11.6. The zero-order chi connectivity index (χ0) is 21.6. The van der Waals surface area contributed by atoms with E-state index in [9.17, 15) is 13.2 Å². The maximum Gasteiger partial charge on any atom is 0.255 e. The van der Waals surface area contributed by atoms with Crippen LogP contribution in [0.2, 0.25) is 0 Å². The highest BCUT2D eigenvalue weighted by Crippen LogP contribution is 2.26. The van der Waals surface area contributed by atoms with Crippen LogP contribution >= 0.6 is 0 Å². The summed E-state index contributed by atoms with van der Waals surface area (Å²) in [7, 11) is -3.69. The molecule has 1 heterocycles.